The quantitative estimate of drug-likeness (QED) is 0.594. The second-order valence-electron chi connectivity index (χ2n) is 6.05. The third-order valence-corrected chi connectivity index (χ3v) is 5.68. The van der Waals surface area contributed by atoms with Crippen molar-refractivity contribution in [3.63, 3.8) is 0 Å². The lowest BCUT2D eigenvalue weighted by Gasteiger charge is -2.27. The van der Waals surface area contributed by atoms with E-state index in [-0.39, 0.29) is 5.75 Å². The molecular formula is C20H21N5OS. The first-order valence-corrected chi connectivity index (χ1v) is 9.66. The minimum absolute atomic E-state index is 0.284. The molecule has 1 N–H and O–H groups in total. The van der Waals surface area contributed by atoms with Crippen LogP contribution in [0.1, 0.15) is 25.3 Å². The van der Waals surface area contributed by atoms with E-state index in [0.29, 0.717) is 10.8 Å². The summed E-state index contributed by atoms with van der Waals surface area (Å²) in [6.45, 7) is 2.97. The van der Waals surface area contributed by atoms with Crippen LogP contribution in [0.4, 0.5) is 5.69 Å². The number of thioether (sulfide) groups is 1. The van der Waals surface area contributed by atoms with Gasteiger partial charge in [-0.2, -0.15) is 5.26 Å². The van der Waals surface area contributed by atoms with Gasteiger partial charge in [0.15, 0.2) is 0 Å². The Morgan fingerprint density at radius 2 is 1.78 bits per heavy atom. The smallest absolute Gasteiger partial charge is 0.139 e. The molecule has 0 aliphatic rings. The Bertz CT molecular complexity index is 872. The summed E-state index contributed by atoms with van der Waals surface area (Å²) in [5.41, 5.74) is 1.62. The number of nitriles is 1. The lowest BCUT2D eigenvalue weighted by atomic mass is 10.2. The summed E-state index contributed by atoms with van der Waals surface area (Å²) in [5, 5.41) is 28.8. The minimum Gasteiger partial charge on any atom is -0.508 e. The third-order valence-electron chi connectivity index (χ3n) is 4.24. The predicted molar refractivity (Wildman–Crippen MR) is 107 cm³/mol. The molecule has 0 fully saturated rings. The maximum Gasteiger partial charge on any atom is 0.139 e. The number of benzene rings is 2. The molecule has 1 atom stereocenters. The number of aromatic nitrogens is 3. The SMILES string of the molecule is CCC(CCN(c1ccc(C#N)cc1)n1cnnc1)Sc1ccc(O)cc1. The van der Waals surface area contributed by atoms with Crippen LogP contribution in [0, 0.1) is 11.3 Å². The van der Waals surface area contributed by atoms with Crippen molar-refractivity contribution in [2.75, 3.05) is 11.6 Å². The van der Waals surface area contributed by atoms with E-state index < -0.39 is 0 Å². The van der Waals surface area contributed by atoms with Gasteiger partial charge in [0.05, 0.1) is 17.3 Å². The first kappa shape index (κ1) is 18.8. The van der Waals surface area contributed by atoms with Crippen molar-refractivity contribution in [3.8, 4) is 11.8 Å². The Kier molecular flexibility index (Phi) is 6.34. The number of hydrogen-bond acceptors (Lipinski definition) is 6. The highest BCUT2D eigenvalue weighted by Crippen LogP contribution is 2.29. The average Bonchev–Trinajstić information content (AvgIpc) is 3.23. The van der Waals surface area contributed by atoms with Gasteiger partial charge < -0.3 is 5.11 Å². The summed E-state index contributed by atoms with van der Waals surface area (Å²) < 4.78 is 1.86. The van der Waals surface area contributed by atoms with Crippen LogP contribution in [-0.2, 0) is 0 Å². The van der Waals surface area contributed by atoms with Crippen molar-refractivity contribution < 1.29 is 5.11 Å². The highest BCUT2D eigenvalue weighted by atomic mass is 32.2. The molecule has 138 valence electrons. The molecule has 0 radical (unpaired) electrons. The van der Waals surface area contributed by atoms with Crippen LogP contribution < -0.4 is 5.01 Å². The van der Waals surface area contributed by atoms with Crippen LogP contribution in [-0.4, -0.2) is 31.8 Å². The van der Waals surface area contributed by atoms with Gasteiger partial charge in [0.1, 0.15) is 18.4 Å². The summed E-state index contributed by atoms with van der Waals surface area (Å²) >= 11 is 1.82. The molecule has 0 amide bonds. The van der Waals surface area contributed by atoms with Crippen molar-refractivity contribution in [1.29, 1.82) is 5.26 Å². The van der Waals surface area contributed by atoms with Gasteiger partial charge in [-0.3, -0.25) is 5.01 Å². The Hall–Kier alpha value is -2.98. The summed E-state index contributed by atoms with van der Waals surface area (Å²) in [6, 6.07) is 17.0. The van der Waals surface area contributed by atoms with E-state index in [0.717, 1.165) is 30.0 Å². The number of nitrogens with zero attached hydrogens (tertiary/aromatic N) is 5. The highest BCUT2D eigenvalue weighted by Gasteiger charge is 2.14. The van der Waals surface area contributed by atoms with E-state index in [1.165, 1.54) is 0 Å². The second-order valence-corrected chi connectivity index (χ2v) is 7.43. The fourth-order valence-corrected chi connectivity index (χ4v) is 3.80. The van der Waals surface area contributed by atoms with Gasteiger partial charge in [0.2, 0.25) is 0 Å². The van der Waals surface area contributed by atoms with Gasteiger partial charge >= 0.3 is 0 Å². The second kappa shape index (κ2) is 9.10. The number of rotatable bonds is 8. The molecule has 2 aromatic carbocycles. The number of phenols is 1. The molecule has 6 nitrogen and oxygen atoms in total. The molecule has 0 bridgehead atoms. The summed E-state index contributed by atoms with van der Waals surface area (Å²) in [4.78, 5) is 1.15. The van der Waals surface area contributed by atoms with Gasteiger partial charge in [-0.15, -0.1) is 22.0 Å². The molecule has 0 aliphatic carbocycles. The van der Waals surface area contributed by atoms with E-state index in [1.807, 2.05) is 52.8 Å². The maximum atomic E-state index is 9.44. The molecule has 27 heavy (non-hydrogen) atoms. The molecule has 7 heteroatoms. The first-order valence-electron chi connectivity index (χ1n) is 8.78. The number of anilines is 1. The van der Waals surface area contributed by atoms with E-state index in [9.17, 15) is 5.11 Å². The Labute approximate surface area is 163 Å². The summed E-state index contributed by atoms with van der Waals surface area (Å²) in [5.74, 6) is 0.284. The summed E-state index contributed by atoms with van der Waals surface area (Å²) in [7, 11) is 0. The van der Waals surface area contributed by atoms with Crippen molar-refractivity contribution in [1.82, 2.24) is 14.9 Å². The molecule has 1 aromatic heterocycles. The van der Waals surface area contributed by atoms with Crippen molar-refractivity contribution >= 4 is 17.4 Å². The van der Waals surface area contributed by atoms with E-state index in [1.54, 1.807) is 24.8 Å². The highest BCUT2D eigenvalue weighted by molar-refractivity contribution is 8.00. The van der Waals surface area contributed by atoms with Crippen LogP contribution >= 0.6 is 11.8 Å². The Balaban J connectivity index is 1.71. The fraction of sp³-hybridized carbons (Fsp3) is 0.250. The third kappa shape index (κ3) is 5.02. The normalized spacial score (nSPS) is 11.7. The van der Waals surface area contributed by atoms with Crippen molar-refractivity contribution in [2.24, 2.45) is 0 Å². The van der Waals surface area contributed by atoms with Crippen molar-refractivity contribution in [3.05, 3.63) is 66.7 Å². The molecule has 3 rings (SSSR count). The topological polar surface area (TPSA) is 78.0 Å². The number of phenolic OH excluding ortho intramolecular Hbond substituents is 1. The molecule has 3 aromatic rings. The van der Waals surface area contributed by atoms with Gasteiger partial charge in [-0.25, -0.2) is 4.68 Å². The van der Waals surface area contributed by atoms with Crippen molar-refractivity contribution in [2.45, 2.75) is 29.9 Å². The van der Waals surface area contributed by atoms with Gasteiger partial charge in [-0.05, 0) is 61.4 Å². The monoisotopic (exact) mass is 379 g/mol. The molecule has 1 unspecified atom stereocenters. The van der Waals surface area contributed by atoms with Crippen LogP contribution in [0.2, 0.25) is 0 Å². The molecule has 0 saturated carbocycles. The van der Waals surface area contributed by atoms with Gasteiger partial charge in [0, 0.05) is 16.7 Å². The first-order chi connectivity index (χ1) is 13.2. The van der Waals surface area contributed by atoms with E-state index in [4.69, 9.17) is 5.26 Å². The standard InChI is InChI=1S/C20H21N5OS/c1-2-19(27-20-9-7-18(26)8-10-20)11-12-25(24-14-22-23-15-24)17-5-3-16(13-21)4-6-17/h3-10,14-15,19,26H,2,11-12H2,1H3. The Morgan fingerprint density at radius 3 is 2.37 bits per heavy atom. The fourth-order valence-electron chi connectivity index (χ4n) is 2.74. The van der Waals surface area contributed by atoms with Crippen LogP contribution in [0.5, 0.6) is 5.75 Å². The van der Waals surface area contributed by atoms with Gasteiger partial charge in [-0.1, -0.05) is 6.92 Å². The van der Waals surface area contributed by atoms with Crippen LogP contribution in [0.3, 0.4) is 0 Å². The summed E-state index contributed by atoms with van der Waals surface area (Å²) in [6.07, 6.45) is 5.34. The predicted octanol–water partition coefficient (Wildman–Crippen LogP) is 4.09. The molecule has 0 aliphatic heterocycles. The van der Waals surface area contributed by atoms with Crippen LogP contribution in [0.15, 0.2) is 66.1 Å². The molecule has 0 spiro atoms. The number of aromatic hydroxyl groups is 1. The molecule has 1 heterocycles. The lowest BCUT2D eigenvalue weighted by Crippen LogP contribution is -2.31. The zero-order valence-corrected chi connectivity index (χ0v) is 15.9. The zero-order valence-electron chi connectivity index (χ0n) is 15.1. The lowest BCUT2D eigenvalue weighted by molar-refractivity contribution is 0.475. The molecular weight excluding hydrogens is 358 g/mol. The maximum absolute atomic E-state index is 9.44. The van der Waals surface area contributed by atoms with E-state index in [2.05, 4.69) is 28.2 Å². The largest absolute Gasteiger partial charge is 0.508 e. The molecule has 0 saturated heterocycles. The zero-order chi connectivity index (χ0) is 19.1. The van der Waals surface area contributed by atoms with E-state index >= 15 is 0 Å². The minimum atomic E-state index is 0.284. The van der Waals surface area contributed by atoms with Gasteiger partial charge in [0.25, 0.3) is 0 Å². The average molecular weight is 379 g/mol. The van der Waals surface area contributed by atoms with Crippen LogP contribution in [0.25, 0.3) is 0 Å². The Morgan fingerprint density at radius 1 is 1.11 bits per heavy atom. The number of hydrogen-bond donors (Lipinski definition) is 1.